The molecule has 2 aliphatic rings. The van der Waals surface area contributed by atoms with Crippen LogP contribution in [0.4, 0.5) is 0 Å². The summed E-state index contributed by atoms with van der Waals surface area (Å²) in [6, 6.07) is 13.0. The number of para-hydroxylation sites is 1. The maximum Gasteiger partial charge on any atom is 0.223 e. The zero-order chi connectivity index (χ0) is 23.5. The van der Waals surface area contributed by atoms with Gasteiger partial charge in [0.25, 0.3) is 0 Å². The Morgan fingerprint density at radius 2 is 1.79 bits per heavy atom. The van der Waals surface area contributed by atoms with E-state index in [1.54, 1.807) is 43.5 Å². The Morgan fingerprint density at radius 1 is 1.06 bits per heavy atom. The Morgan fingerprint density at radius 3 is 2.45 bits per heavy atom. The van der Waals surface area contributed by atoms with Gasteiger partial charge in [-0.1, -0.05) is 24.3 Å². The van der Waals surface area contributed by atoms with E-state index in [9.17, 15) is 14.7 Å². The molecular weight excluding hydrogens is 430 g/mol. The quantitative estimate of drug-likeness (QED) is 0.634. The zero-order valence-corrected chi connectivity index (χ0v) is 18.6. The molecule has 9 nitrogen and oxygen atoms in total. The Kier molecular flexibility index (Phi) is 6.94. The number of benzene rings is 2. The van der Waals surface area contributed by atoms with Crippen LogP contribution in [0.15, 0.2) is 48.5 Å². The van der Waals surface area contributed by atoms with Gasteiger partial charge >= 0.3 is 0 Å². The second kappa shape index (κ2) is 9.88. The fourth-order valence-electron chi connectivity index (χ4n) is 4.00. The summed E-state index contributed by atoms with van der Waals surface area (Å²) in [7, 11) is 1.58. The number of rotatable bonds is 6. The van der Waals surface area contributed by atoms with Crippen LogP contribution in [0.1, 0.15) is 36.1 Å². The van der Waals surface area contributed by atoms with E-state index in [2.05, 4.69) is 5.32 Å². The molecule has 2 N–H and O–H groups in total. The highest BCUT2D eigenvalue weighted by Gasteiger charge is 2.50. The number of carbonyl (C=O) groups excluding carboxylic acids is 2. The summed E-state index contributed by atoms with van der Waals surface area (Å²) < 4.78 is 29.1. The highest BCUT2D eigenvalue weighted by molar-refractivity contribution is 5.96. The van der Waals surface area contributed by atoms with Gasteiger partial charge in [0, 0.05) is 12.5 Å². The highest BCUT2D eigenvalue weighted by Crippen LogP contribution is 2.35. The van der Waals surface area contributed by atoms with Crippen molar-refractivity contribution < 1.29 is 38.4 Å². The molecule has 0 bridgehead atoms. The van der Waals surface area contributed by atoms with Crippen molar-refractivity contribution in [3.63, 3.8) is 0 Å². The van der Waals surface area contributed by atoms with Crippen molar-refractivity contribution in [1.29, 1.82) is 0 Å². The molecule has 2 aromatic carbocycles. The fraction of sp³-hybridized carbons (Fsp3) is 0.417. The van der Waals surface area contributed by atoms with Gasteiger partial charge in [0.15, 0.2) is 12.1 Å². The van der Waals surface area contributed by atoms with E-state index in [-0.39, 0.29) is 18.3 Å². The lowest BCUT2D eigenvalue weighted by molar-refractivity contribution is -0.333. The lowest BCUT2D eigenvalue weighted by Gasteiger charge is -2.47. The maximum atomic E-state index is 12.0. The minimum atomic E-state index is -1.15. The number of hydrogen-bond donors (Lipinski definition) is 2. The lowest BCUT2D eigenvalue weighted by atomic mass is 9.95. The number of methoxy groups -OCH3 is 1. The first kappa shape index (κ1) is 23.2. The molecule has 2 saturated heterocycles. The van der Waals surface area contributed by atoms with Gasteiger partial charge in [-0.25, -0.2) is 0 Å². The molecule has 1 amide bonds. The van der Waals surface area contributed by atoms with Crippen molar-refractivity contribution in [2.24, 2.45) is 0 Å². The molecular formula is C24H27NO8. The van der Waals surface area contributed by atoms with Gasteiger partial charge in [0.2, 0.25) is 12.2 Å². The standard InChI is InChI=1S/C24H27NO8/c1-13(26)17-6-4-5-7-18(17)31-24-20(25-14(2)27)21(28)22-19(32-24)12-30-23(33-22)15-8-10-16(29-3)11-9-15/h4-11,19-24,28H,12H2,1-3H3,(H,25,27). The molecule has 0 spiro atoms. The largest absolute Gasteiger partial charge is 0.497 e. The van der Waals surface area contributed by atoms with Crippen LogP contribution in [0.2, 0.25) is 0 Å². The first-order valence-corrected chi connectivity index (χ1v) is 10.7. The van der Waals surface area contributed by atoms with Gasteiger partial charge in [-0.2, -0.15) is 0 Å². The normalized spacial score (nSPS) is 29.0. The number of amides is 1. The molecule has 6 unspecified atom stereocenters. The highest BCUT2D eigenvalue weighted by atomic mass is 16.7. The predicted octanol–water partition coefficient (Wildman–Crippen LogP) is 1.98. The SMILES string of the molecule is COc1ccc(C2OCC3OC(Oc4ccccc4C(C)=O)C(NC(C)=O)C(O)C3O2)cc1. The summed E-state index contributed by atoms with van der Waals surface area (Å²) in [5.74, 6) is 0.450. The van der Waals surface area contributed by atoms with Crippen LogP contribution < -0.4 is 14.8 Å². The van der Waals surface area contributed by atoms with E-state index in [0.717, 1.165) is 5.56 Å². The van der Waals surface area contributed by atoms with E-state index >= 15 is 0 Å². The van der Waals surface area contributed by atoms with Crippen molar-refractivity contribution in [2.45, 2.75) is 50.8 Å². The molecule has 176 valence electrons. The summed E-state index contributed by atoms with van der Waals surface area (Å²) in [6.45, 7) is 2.91. The number of Topliss-reactive ketones (excluding diaryl/α,β-unsaturated/α-hetero) is 1. The number of hydrogen-bond acceptors (Lipinski definition) is 8. The number of carbonyl (C=O) groups is 2. The van der Waals surface area contributed by atoms with Crippen molar-refractivity contribution in [1.82, 2.24) is 5.32 Å². The number of fused-ring (bicyclic) bond motifs is 1. The van der Waals surface area contributed by atoms with E-state index < -0.39 is 36.9 Å². The van der Waals surface area contributed by atoms with Gasteiger partial charge in [-0.15, -0.1) is 0 Å². The molecule has 33 heavy (non-hydrogen) atoms. The van der Waals surface area contributed by atoms with Crippen LogP contribution in [0.3, 0.4) is 0 Å². The Bertz CT molecular complexity index is 994. The second-order valence-electron chi connectivity index (χ2n) is 7.97. The third kappa shape index (κ3) is 5.01. The number of nitrogens with one attached hydrogen (secondary N) is 1. The molecule has 0 saturated carbocycles. The van der Waals surface area contributed by atoms with Gasteiger partial charge < -0.3 is 34.1 Å². The molecule has 0 aliphatic carbocycles. The summed E-state index contributed by atoms with van der Waals surface area (Å²) in [5.41, 5.74) is 1.13. The predicted molar refractivity (Wildman–Crippen MR) is 116 cm³/mol. The summed E-state index contributed by atoms with van der Waals surface area (Å²) in [4.78, 5) is 23.9. The topological polar surface area (TPSA) is 113 Å². The van der Waals surface area contributed by atoms with Gasteiger partial charge in [0.05, 0.1) is 19.3 Å². The average molecular weight is 457 g/mol. The van der Waals surface area contributed by atoms with Crippen molar-refractivity contribution >= 4 is 11.7 Å². The minimum absolute atomic E-state index is 0.138. The van der Waals surface area contributed by atoms with Gasteiger partial charge in [0.1, 0.15) is 35.9 Å². The van der Waals surface area contributed by atoms with Crippen LogP contribution in [0.5, 0.6) is 11.5 Å². The van der Waals surface area contributed by atoms with Crippen molar-refractivity contribution in [3.8, 4) is 11.5 Å². The third-order valence-corrected chi connectivity index (χ3v) is 5.63. The van der Waals surface area contributed by atoms with Crippen LogP contribution in [-0.4, -0.2) is 61.2 Å². The van der Waals surface area contributed by atoms with Crippen molar-refractivity contribution in [3.05, 3.63) is 59.7 Å². The Hall–Kier alpha value is -2.98. The number of ketones is 1. The number of aliphatic hydroxyl groups is 1. The van der Waals surface area contributed by atoms with Crippen LogP contribution in [0.25, 0.3) is 0 Å². The molecule has 0 aromatic heterocycles. The monoisotopic (exact) mass is 457 g/mol. The van der Waals surface area contributed by atoms with Gasteiger partial charge in [-0.3, -0.25) is 9.59 Å². The summed E-state index contributed by atoms with van der Waals surface area (Å²) >= 11 is 0. The molecule has 6 atom stereocenters. The number of aliphatic hydroxyl groups excluding tert-OH is 1. The van der Waals surface area contributed by atoms with Gasteiger partial charge in [-0.05, 0) is 31.2 Å². The smallest absolute Gasteiger partial charge is 0.223 e. The Labute approximate surface area is 191 Å². The van der Waals surface area contributed by atoms with E-state index in [1.165, 1.54) is 13.8 Å². The molecule has 9 heteroatoms. The average Bonchev–Trinajstić information content (AvgIpc) is 2.81. The third-order valence-electron chi connectivity index (χ3n) is 5.63. The van der Waals surface area contributed by atoms with E-state index in [4.69, 9.17) is 23.7 Å². The lowest BCUT2D eigenvalue weighted by Crippen LogP contribution is -2.67. The molecule has 4 rings (SSSR count). The van der Waals surface area contributed by atoms with Crippen LogP contribution >= 0.6 is 0 Å². The van der Waals surface area contributed by atoms with Crippen LogP contribution in [0, 0.1) is 0 Å². The van der Waals surface area contributed by atoms with E-state index in [0.29, 0.717) is 17.1 Å². The summed E-state index contributed by atoms with van der Waals surface area (Å²) in [5, 5.41) is 13.8. The van der Waals surface area contributed by atoms with E-state index in [1.807, 2.05) is 12.1 Å². The fourth-order valence-corrected chi connectivity index (χ4v) is 4.00. The van der Waals surface area contributed by atoms with Crippen LogP contribution in [-0.2, 0) is 19.0 Å². The minimum Gasteiger partial charge on any atom is -0.497 e. The molecule has 2 fully saturated rings. The summed E-state index contributed by atoms with van der Waals surface area (Å²) in [6.07, 6.45) is -4.34. The second-order valence-corrected chi connectivity index (χ2v) is 7.97. The molecule has 2 aromatic rings. The Balaban J connectivity index is 1.55. The first-order chi connectivity index (χ1) is 15.9. The molecule has 0 radical (unpaired) electrons. The van der Waals surface area contributed by atoms with Crippen molar-refractivity contribution in [2.75, 3.05) is 13.7 Å². The molecule has 2 heterocycles. The number of ether oxygens (including phenoxy) is 5. The first-order valence-electron chi connectivity index (χ1n) is 10.7. The maximum absolute atomic E-state index is 12.0. The molecule has 2 aliphatic heterocycles. The zero-order valence-electron chi connectivity index (χ0n) is 18.6.